The number of rotatable bonds is 6. The molecule has 2 aliphatic heterocycles. The van der Waals surface area contributed by atoms with E-state index in [0.717, 1.165) is 43.3 Å². The van der Waals surface area contributed by atoms with Gasteiger partial charge in [-0.25, -0.2) is 0 Å². The van der Waals surface area contributed by atoms with Gasteiger partial charge in [0.25, 0.3) is 0 Å². The second kappa shape index (κ2) is 10.4. The Bertz CT molecular complexity index is 1280. The molecular weight excluding hydrogens is 593 g/mol. The van der Waals surface area contributed by atoms with Crippen LogP contribution < -0.4 is 31.8 Å². The van der Waals surface area contributed by atoms with Gasteiger partial charge in [0, 0.05) is 0 Å². The number of hydrogen-bond donors (Lipinski definition) is 1. The predicted octanol–water partition coefficient (Wildman–Crippen LogP) is 2.64. The third-order valence-corrected chi connectivity index (χ3v) is 10.9. The number of likely N-dealkylation sites (tertiary alicyclic amines) is 1. The second-order valence-electron chi connectivity index (χ2n) is 10.9. The number of hydrogen-bond acceptors (Lipinski definition) is 5. The third-order valence-electron chi connectivity index (χ3n) is 8.75. The fraction of sp³-hybridized carbons (Fsp3) is 0.467. The number of aryl methyl sites for hydroxylation is 1. The van der Waals surface area contributed by atoms with Crippen molar-refractivity contribution in [3.63, 3.8) is 0 Å². The summed E-state index contributed by atoms with van der Waals surface area (Å²) in [4.78, 5) is 17.2. The summed E-state index contributed by atoms with van der Waals surface area (Å²) in [7, 11) is 0. The topological polar surface area (TPSA) is 58.3 Å². The molecule has 0 bridgehead atoms. The SMILES string of the molecule is C[I-]c1ccc2c(c1)[C@@]1(CCCN([C@H](CCN)c3ccc(Cl)cc3)C1)CN2c1ncnc2c1[C@H](C)CC2. The van der Waals surface area contributed by atoms with Crippen LogP contribution >= 0.6 is 11.6 Å². The molecule has 196 valence electrons. The van der Waals surface area contributed by atoms with E-state index in [-0.39, 0.29) is 26.6 Å². The molecule has 3 atom stereocenters. The van der Waals surface area contributed by atoms with E-state index in [0.29, 0.717) is 18.5 Å². The summed E-state index contributed by atoms with van der Waals surface area (Å²) >= 11 is 6.26. The zero-order valence-corrected chi connectivity index (χ0v) is 24.7. The van der Waals surface area contributed by atoms with Crippen molar-refractivity contribution in [2.24, 2.45) is 5.73 Å². The van der Waals surface area contributed by atoms with E-state index in [1.807, 2.05) is 12.1 Å². The Morgan fingerprint density at radius 2 is 2.00 bits per heavy atom. The summed E-state index contributed by atoms with van der Waals surface area (Å²) in [6.07, 6.45) is 7.36. The van der Waals surface area contributed by atoms with Gasteiger partial charge in [0.2, 0.25) is 0 Å². The Morgan fingerprint density at radius 1 is 1.16 bits per heavy atom. The molecule has 3 heterocycles. The second-order valence-corrected chi connectivity index (χ2v) is 13.7. The van der Waals surface area contributed by atoms with E-state index in [1.54, 1.807) is 6.33 Å². The Hall–Kier alpha value is -1.74. The number of nitrogens with two attached hydrogens (primary N) is 1. The number of fused-ring (bicyclic) bond motifs is 3. The Labute approximate surface area is 236 Å². The van der Waals surface area contributed by atoms with Gasteiger partial charge in [-0.1, -0.05) is 0 Å². The van der Waals surface area contributed by atoms with E-state index < -0.39 is 0 Å². The molecule has 3 aliphatic rings. The van der Waals surface area contributed by atoms with E-state index >= 15 is 0 Å². The van der Waals surface area contributed by atoms with Gasteiger partial charge in [-0.15, -0.1) is 0 Å². The fourth-order valence-electron chi connectivity index (χ4n) is 6.97. The monoisotopic (exact) mass is 628 g/mol. The molecule has 5 nitrogen and oxygen atoms in total. The van der Waals surface area contributed by atoms with Gasteiger partial charge in [-0.3, -0.25) is 0 Å². The number of aromatic nitrogens is 2. The number of piperidine rings is 1. The van der Waals surface area contributed by atoms with Crippen molar-refractivity contribution in [2.75, 3.05) is 36.0 Å². The van der Waals surface area contributed by atoms with Crippen molar-refractivity contribution in [3.05, 3.63) is 79.8 Å². The molecule has 2 aromatic carbocycles. The van der Waals surface area contributed by atoms with E-state index in [9.17, 15) is 0 Å². The van der Waals surface area contributed by atoms with Crippen LogP contribution in [0.5, 0.6) is 0 Å². The van der Waals surface area contributed by atoms with E-state index in [2.05, 4.69) is 57.0 Å². The molecule has 1 spiro atoms. The molecule has 1 aromatic heterocycles. The first-order valence-electron chi connectivity index (χ1n) is 13.5. The van der Waals surface area contributed by atoms with Crippen molar-refractivity contribution in [3.8, 4) is 0 Å². The van der Waals surface area contributed by atoms with Crippen LogP contribution in [0, 0.1) is 3.57 Å². The maximum absolute atomic E-state index is 6.24. The van der Waals surface area contributed by atoms with Crippen LogP contribution in [0.15, 0.2) is 48.8 Å². The Kier molecular flexibility index (Phi) is 7.20. The Morgan fingerprint density at radius 3 is 2.78 bits per heavy atom. The van der Waals surface area contributed by atoms with Crippen molar-refractivity contribution >= 4 is 23.1 Å². The number of alkyl halides is 1. The standard InChI is InChI=1S/C30H36ClIN5/c1-20-4-10-25-28(20)29(35-19-34-25)37-18-30(24-16-23(32-2)9-11-27(24)37)13-3-15-36(17-30)26(12-14-33)21-5-7-22(31)8-6-21/h5-9,11,16,19-20,26H,3-4,10,12-15,17-18,33H2,1-2H3/q-1/t20-,26-,30-/m1/s1. The first-order chi connectivity index (χ1) is 18.0. The molecular formula is C30H36ClIN5-. The fourth-order valence-corrected chi connectivity index (χ4v) is 8.26. The van der Waals surface area contributed by atoms with Crippen molar-refractivity contribution in [2.45, 2.75) is 56.4 Å². The zero-order valence-electron chi connectivity index (χ0n) is 21.8. The van der Waals surface area contributed by atoms with Gasteiger partial charge in [-0.05, 0) is 0 Å². The van der Waals surface area contributed by atoms with Gasteiger partial charge in [0.05, 0.1) is 0 Å². The zero-order chi connectivity index (χ0) is 25.6. The quantitative estimate of drug-likeness (QED) is 0.336. The number of anilines is 2. The van der Waals surface area contributed by atoms with E-state index in [4.69, 9.17) is 22.3 Å². The molecule has 1 aliphatic carbocycles. The molecule has 2 N–H and O–H groups in total. The first kappa shape index (κ1) is 25.5. The van der Waals surface area contributed by atoms with Gasteiger partial charge in [0.15, 0.2) is 0 Å². The van der Waals surface area contributed by atoms with Crippen LogP contribution in [0.3, 0.4) is 0 Å². The molecule has 0 saturated carbocycles. The van der Waals surface area contributed by atoms with Crippen LogP contribution in [0.25, 0.3) is 0 Å². The van der Waals surface area contributed by atoms with Crippen LogP contribution in [0.4, 0.5) is 11.5 Å². The predicted molar refractivity (Wildman–Crippen MR) is 147 cm³/mol. The van der Waals surface area contributed by atoms with Crippen LogP contribution in [0.1, 0.15) is 67.0 Å². The minimum atomic E-state index is 0.0234. The average Bonchev–Trinajstić information content (AvgIpc) is 3.45. The van der Waals surface area contributed by atoms with Crippen molar-refractivity contribution in [1.29, 1.82) is 0 Å². The van der Waals surface area contributed by atoms with Crippen molar-refractivity contribution < 1.29 is 21.2 Å². The maximum atomic E-state index is 6.24. The number of nitrogens with zero attached hydrogens (tertiary/aromatic N) is 4. The van der Waals surface area contributed by atoms with Gasteiger partial charge in [-0.2, -0.15) is 0 Å². The molecule has 1 fully saturated rings. The summed E-state index contributed by atoms with van der Waals surface area (Å²) in [6.45, 7) is 6.14. The number of benzene rings is 2. The molecule has 6 rings (SSSR count). The summed E-state index contributed by atoms with van der Waals surface area (Å²) < 4.78 is 1.52. The number of halogens is 2. The molecule has 3 aromatic rings. The average molecular weight is 629 g/mol. The Balaban J connectivity index is 1.41. The summed E-state index contributed by atoms with van der Waals surface area (Å²) in [5.74, 6) is 1.65. The third kappa shape index (κ3) is 4.58. The minimum absolute atomic E-state index is 0.0234. The summed E-state index contributed by atoms with van der Waals surface area (Å²) in [5.41, 5.74) is 13.0. The van der Waals surface area contributed by atoms with Gasteiger partial charge in [0.1, 0.15) is 0 Å². The van der Waals surface area contributed by atoms with Crippen LogP contribution in [-0.2, 0) is 11.8 Å². The van der Waals surface area contributed by atoms with Crippen LogP contribution in [-0.4, -0.2) is 46.0 Å². The van der Waals surface area contributed by atoms with Crippen molar-refractivity contribution in [1.82, 2.24) is 14.9 Å². The molecule has 0 unspecified atom stereocenters. The van der Waals surface area contributed by atoms with Gasteiger partial charge < -0.3 is 0 Å². The first-order valence-corrected chi connectivity index (χ1v) is 17.1. The normalized spacial score (nSPS) is 24.0. The van der Waals surface area contributed by atoms with E-state index in [1.165, 1.54) is 50.9 Å². The molecule has 0 amide bonds. The molecule has 1 saturated heterocycles. The molecule has 0 radical (unpaired) electrons. The molecule has 37 heavy (non-hydrogen) atoms. The van der Waals surface area contributed by atoms with Crippen LogP contribution in [0.2, 0.25) is 5.02 Å². The summed E-state index contributed by atoms with van der Waals surface area (Å²) in [5, 5.41) is 0.785. The molecule has 7 heteroatoms. The summed E-state index contributed by atoms with van der Waals surface area (Å²) in [6, 6.07) is 16.0. The van der Waals surface area contributed by atoms with Gasteiger partial charge >= 0.3 is 237 Å².